The lowest BCUT2D eigenvalue weighted by atomic mass is 9.68. The summed E-state index contributed by atoms with van der Waals surface area (Å²) in [6.45, 7) is 6.33. The van der Waals surface area contributed by atoms with Crippen molar-refractivity contribution in [2.24, 2.45) is 0 Å². The zero-order valence-corrected chi connectivity index (χ0v) is 16.2. The highest BCUT2D eigenvalue weighted by Crippen LogP contribution is 2.38. The van der Waals surface area contributed by atoms with Gasteiger partial charge in [-0.2, -0.15) is 0 Å². The number of halogens is 1. The van der Waals surface area contributed by atoms with Crippen LogP contribution in [-0.2, 0) is 14.9 Å². The van der Waals surface area contributed by atoms with E-state index in [-0.39, 0.29) is 18.2 Å². The third-order valence-corrected chi connectivity index (χ3v) is 5.24. The molecule has 1 aliphatic heterocycles. The van der Waals surface area contributed by atoms with Gasteiger partial charge >= 0.3 is 0 Å². The van der Waals surface area contributed by atoms with Crippen molar-refractivity contribution in [2.75, 3.05) is 32.8 Å². The van der Waals surface area contributed by atoms with Crippen LogP contribution in [0, 0.1) is 0 Å². The van der Waals surface area contributed by atoms with Crippen molar-refractivity contribution in [1.82, 2.24) is 4.90 Å². The molecule has 0 N–H and O–H groups in total. The first-order valence-electron chi connectivity index (χ1n) is 9.22. The van der Waals surface area contributed by atoms with E-state index in [1.165, 1.54) is 0 Å². The van der Waals surface area contributed by atoms with E-state index >= 15 is 0 Å². The monoisotopic (exact) mass is 373 g/mol. The van der Waals surface area contributed by atoms with Gasteiger partial charge in [0.2, 0.25) is 0 Å². The van der Waals surface area contributed by atoms with E-state index in [0.29, 0.717) is 6.42 Å². The van der Waals surface area contributed by atoms with E-state index in [1.54, 1.807) is 0 Å². The fourth-order valence-electron chi connectivity index (χ4n) is 3.81. The van der Waals surface area contributed by atoms with Crippen LogP contribution in [0.15, 0.2) is 60.7 Å². The molecule has 3 nitrogen and oxygen atoms in total. The molecule has 0 bridgehead atoms. The molecule has 3 rings (SSSR count). The summed E-state index contributed by atoms with van der Waals surface area (Å²) in [5.41, 5.74) is 1.62. The standard InChI is InChI=1S/C22H27NO2.ClH/c1-2-21(24)22(19-9-5-3-6-10-19,20-11-7-4-8-12-20)13-14-23-15-17-25-18-16-23;/h3-12H,2,13-18H2,1H3;1H. The maximum atomic E-state index is 13.3. The quantitative estimate of drug-likeness (QED) is 0.731. The summed E-state index contributed by atoms with van der Waals surface area (Å²) in [6.07, 6.45) is 1.33. The summed E-state index contributed by atoms with van der Waals surface area (Å²) in [4.78, 5) is 15.7. The molecule has 0 unspecified atom stereocenters. The summed E-state index contributed by atoms with van der Waals surface area (Å²) < 4.78 is 5.46. The molecule has 0 aromatic heterocycles. The number of carbonyl (C=O) groups is 1. The molecule has 0 atom stereocenters. The van der Waals surface area contributed by atoms with Gasteiger partial charge in [-0.25, -0.2) is 0 Å². The SMILES string of the molecule is CCC(=O)C(CCN1CCOCC1)(c1ccccc1)c1ccccc1.Cl. The number of hydrogen-bond acceptors (Lipinski definition) is 3. The maximum absolute atomic E-state index is 13.3. The van der Waals surface area contributed by atoms with Gasteiger partial charge < -0.3 is 4.74 Å². The lowest BCUT2D eigenvalue weighted by Crippen LogP contribution is -2.43. The Labute approximate surface area is 162 Å². The summed E-state index contributed by atoms with van der Waals surface area (Å²) in [5.74, 6) is 0.290. The molecule has 1 saturated heterocycles. The maximum Gasteiger partial charge on any atom is 0.147 e. The Morgan fingerprint density at radius 2 is 1.46 bits per heavy atom. The van der Waals surface area contributed by atoms with Crippen LogP contribution in [0.2, 0.25) is 0 Å². The van der Waals surface area contributed by atoms with Crippen LogP contribution in [0.5, 0.6) is 0 Å². The van der Waals surface area contributed by atoms with E-state index in [9.17, 15) is 4.79 Å². The summed E-state index contributed by atoms with van der Waals surface area (Å²) in [5, 5.41) is 0. The number of benzene rings is 2. The molecule has 0 aliphatic carbocycles. The second-order valence-electron chi connectivity index (χ2n) is 6.62. The number of morpholine rings is 1. The van der Waals surface area contributed by atoms with Gasteiger partial charge in [0, 0.05) is 19.5 Å². The highest BCUT2D eigenvalue weighted by molar-refractivity contribution is 5.93. The van der Waals surface area contributed by atoms with Gasteiger partial charge in [-0.3, -0.25) is 9.69 Å². The van der Waals surface area contributed by atoms with Crippen molar-refractivity contribution in [3.8, 4) is 0 Å². The van der Waals surface area contributed by atoms with Crippen molar-refractivity contribution in [2.45, 2.75) is 25.2 Å². The van der Waals surface area contributed by atoms with Gasteiger partial charge in [-0.15, -0.1) is 12.4 Å². The van der Waals surface area contributed by atoms with Crippen molar-refractivity contribution in [1.29, 1.82) is 0 Å². The molecule has 4 heteroatoms. The molecule has 26 heavy (non-hydrogen) atoms. The molecule has 0 radical (unpaired) electrons. The predicted molar refractivity (Wildman–Crippen MR) is 108 cm³/mol. The van der Waals surface area contributed by atoms with Crippen molar-refractivity contribution >= 4 is 18.2 Å². The van der Waals surface area contributed by atoms with E-state index in [4.69, 9.17) is 4.74 Å². The zero-order valence-electron chi connectivity index (χ0n) is 15.4. The normalized spacial score (nSPS) is 15.3. The first kappa shape index (κ1) is 20.6. The van der Waals surface area contributed by atoms with Crippen LogP contribution in [0.4, 0.5) is 0 Å². The number of ether oxygens (including phenoxy) is 1. The van der Waals surface area contributed by atoms with Crippen molar-refractivity contribution < 1.29 is 9.53 Å². The molecule has 2 aromatic carbocycles. The van der Waals surface area contributed by atoms with E-state index in [2.05, 4.69) is 29.2 Å². The average molecular weight is 374 g/mol. The van der Waals surface area contributed by atoms with Gasteiger partial charge in [0.1, 0.15) is 5.78 Å². The largest absolute Gasteiger partial charge is 0.379 e. The van der Waals surface area contributed by atoms with Crippen LogP contribution in [0.3, 0.4) is 0 Å². The third-order valence-electron chi connectivity index (χ3n) is 5.24. The van der Waals surface area contributed by atoms with E-state index < -0.39 is 5.41 Å². The molecule has 0 spiro atoms. The summed E-state index contributed by atoms with van der Waals surface area (Å²) >= 11 is 0. The average Bonchev–Trinajstić information content (AvgIpc) is 2.70. The summed E-state index contributed by atoms with van der Waals surface area (Å²) in [6, 6.07) is 20.5. The first-order chi connectivity index (χ1) is 12.3. The Kier molecular flexibility index (Phi) is 7.83. The molecule has 1 fully saturated rings. The number of hydrogen-bond donors (Lipinski definition) is 0. The molecule has 1 heterocycles. The van der Waals surface area contributed by atoms with Gasteiger partial charge in [0.25, 0.3) is 0 Å². The molecule has 2 aromatic rings. The van der Waals surface area contributed by atoms with E-state index in [1.807, 2.05) is 43.3 Å². The van der Waals surface area contributed by atoms with Gasteiger partial charge in [-0.1, -0.05) is 67.6 Å². The Hall–Kier alpha value is -1.68. The minimum atomic E-state index is -0.574. The minimum Gasteiger partial charge on any atom is -0.379 e. The molecular weight excluding hydrogens is 346 g/mol. The van der Waals surface area contributed by atoms with Crippen LogP contribution in [-0.4, -0.2) is 43.5 Å². The Morgan fingerprint density at radius 1 is 0.962 bits per heavy atom. The highest BCUT2D eigenvalue weighted by atomic mass is 35.5. The third kappa shape index (κ3) is 4.35. The number of Topliss-reactive ketones (excluding diaryl/α,β-unsaturated/α-hetero) is 1. The van der Waals surface area contributed by atoms with E-state index in [0.717, 1.165) is 50.4 Å². The van der Waals surface area contributed by atoms with Gasteiger partial charge in [0.15, 0.2) is 0 Å². The second-order valence-corrected chi connectivity index (χ2v) is 6.62. The fourth-order valence-corrected chi connectivity index (χ4v) is 3.81. The molecule has 140 valence electrons. The Balaban J connectivity index is 0.00000243. The molecular formula is C22H28ClNO2. The molecule has 1 aliphatic rings. The molecule has 0 amide bonds. The predicted octanol–water partition coefficient (Wildman–Crippen LogP) is 4.10. The number of carbonyl (C=O) groups excluding carboxylic acids is 1. The smallest absolute Gasteiger partial charge is 0.147 e. The Morgan fingerprint density at radius 3 is 1.92 bits per heavy atom. The number of nitrogens with zero attached hydrogens (tertiary/aromatic N) is 1. The van der Waals surface area contributed by atoms with Crippen LogP contribution >= 0.6 is 12.4 Å². The van der Waals surface area contributed by atoms with Crippen molar-refractivity contribution in [3.05, 3.63) is 71.8 Å². The topological polar surface area (TPSA) is 29.5 Å². The minimum absolute atomic E-state index is 0. The number of ketones is 1. The highest BCUT2D eigenvalue weighted by Gasteiger charge is 2.40. The summed E-state index contributed by atoms with van der Waals surface area (Å²) in [7, 11) is 0. The fraction of sp³-hybridized carbons (Fsp3) is 0.409. The van der Waals surface area contributed by atoms with Gasteiger partial charge in [-0.05, 0) is 24.1 Å². The number of rotatable bonds is 7. The second kappa shape index (κ2) is 9.86. The zero-order chi connectivity index (χ0) is 17.5. The lowest BCUT2D eigenvalue weighted by molar-refractivity contribution is -0.123. The lowest BCUT2D eigenvalue weighted by Gasteiger charge is -2.36. The van der Waals surface area contributed by atoms with Crippen LogP contribution in [0.25, 0.3) is 0 Å². The first-order valence-corrected chi connectivity index (χ1v) is 9.22. The molecule has 0 saturated carbocycles. The van der Waals surface area contributed by atoms with Crippen LogP contribution in [0.1, 0.15) is 30.9 Å². The van der Waals surface area contributed by atoms with Crippen molar-refractivity contribution in [3.63, 3.8) is 0 Å². The Bertz CT molecular complexity index is 630. The van der Waals surface area contributed by atoms with Gasteiger partial charge in [0.05, 0.1) is 18.6 Å². The van der Waals surface area contributed by atoms with Crippen LogP contribution < -0.4 is 0 Å².